The second-order valence-electron chi connectivity index (χ2n) is 5.37. The van der Waals surface area contributed by atoms with Gasteiger partial charge in [0.05, 0.1) is 17.6 Å². The summed E-state index contributed by atoms with van der Waals surface area (Å²) in [4.78, 5) is 4.18. The zero-order valence-corrected chi connectivity index (χ0v) is 12.2. The first kappa shape index (κ1) is 14.5. The van der Waals surface area contributed by atoms with E-state index in [1.165, 1.54) is 0 Å². The molecule has 1 saturated heterocycles. The maximum atomic E-state index is 10.3. The second-order valence-corrected chi connectivity index (χ2v) is 6.48. The van der Waals surface area contributed by atoms with Gasteiger partial charge in [0.1, 0.15) is 0 Å². The van der Waals surface area contributed by atoms with Crippen LogP contribution in [0.3, 0.4) is 0 Å². The van der Waals surface area contributed by atoms with Gasteiger partial charge in [0, 0.05) is 25.4 Å². The summed E-state index contributed by atoms with van der Waals surface area (Å²) >= 11 is 1.78. The third-order valence-electron chi connectivity index (χ3n) is 3.89. The molecule has 2 fully saturated rings. The normalized spacial score (nSPS) is 35.1. The fourth-order valence-electron chi connectivity index (χ4n) is 2.64. The van der Waals surface area contributed by atoms with Crippen LogP contribution < -0.4 is 10.6 Å². The summed E-state index contributed by atoms with van der Waals surface area (Å²) in [5, 5.41) is 25.8. The molecule has 6 heteroatoms. The zero-order chi connectivity index (χ0) is 13.7. The Hall–Kier alpha value is -0.930. The molecule has 5 nitrogen and oxygen atoms in total. The lowest BCUT2D eigenvalue weighted by Gasteiger charge is -2.25. The van der Waals surface area contributed by atoms with Crippen molar-refractivity contribution in [3.05, 3.63) is 0 Å². The lowest BCUT2D eigenvalue weighted by molar-refractivity contribution is 0.0723. The number of guanidine groups is 1. The van der Waals surface area contributed by atoms with Crippen LogP contribution in [0.2, 0.25) is 0 Å². The number of thioether (sulfide) groups is 1. The van der Waals surface area contributed by atoms with Crippen molar-refractivity contribution < 1.29 is 5.11 Å². The molecule has 3 atom stereocenters. The molecule has 3 unspecified atom stereocenters. The van der Waals surface area contributed by atoms with E-state index in [1.54, 1.807) is 18.8 Å². The maximum absolute atomic E-state index is 10.3. The van der Waals surface area contributed by atoms with Gasteiger partial charge in [0.15, 0.2) is 5.96 Å². The first-order chi connectivity index (χ1) is 9.17. The number of hydrogen-bond donors (Lipinski definition) is 3. The molecule has 1 aliphatic heterocycles. The summed E-state index contributed by atoms with van der Waals surface area (Å²) < 4.78 is 0. The lowest BCUT2D eigenvalue weighted by atomic mass is 10.0. The van der Waals surface area contributed by atoms with Crippen LogP contribution in [-0.4, -0.2) is 47.8 Å². The third-order valence-corrected chi connectivity index (χ3v) is 5.13. The molecule has 0 aromatic heterocycles. The summed E-state index contributed by atoms with van der Waals surface area (Å²) in [6, 6.07) is 2.53. The molecular weight excluding hydrogens is 260 g/mol. The fraction of sp³-hybridized carbons (Fsp3) is 0.846. The molecular formula is C13H22N4OS. The number of nitrogens with one attached hydrogen (secondary N) is 2. The topological polar surface area (TPSA) is 80.4 Å². The van der Waals surface area contributed by atoms with Crippen LogP contribution in [0.15, 0.2) is 4.99 Å². The number of aliphatic imine (C=N–C) groups is 1. The molecule has 1 saturated carbocycles. The molecule has 0 spiro atoms. The Morgan fingerprint density at radius 1 is 1.58 bits per heavy atom. The van der Waals surface area contributed by atoms with Crippen molar-refractivity contribution in [3.8, 4) is 6.07 Å². The smallest absolute Gasteiger partial charge is 0.191 e. The fourth-order valence-corrected chi connectivity index (χ4v) is 3.94. The first-order valence-electron chi connectivity index (χ1n) is 6.84. The highest BCUT2D eigenvalue weighted by atomic mass is 32.2. The van der Waals surface area contributed by atoms with Crippen molar-refractivity contribution in [2.75, 3.05) is 25.1 Å². The Morgan fingerprint density at radius 2 is 2.42 bits per heavy atom. The standard InChI is InChI=1S/C13H22N4OS/c1-15-12(16-8-13(18)5-6-19-9-13)17-11-4-2-3-10(11)7-14/h10-11,18H,2-6,8-9H2,1H3,(H2,15,16,17). The van der Waals surface area contributed by atoms with Crippen LogP contribution >= 0.6 is 11.8 Å². The number of rotatable bonds is 3. The molecule has 0 bridgehead atoms. The average Bonchev–Trinajstić information content (AvgIpc) is 3.03. The van der Waals surface area contributed by atoms with Crippen molar-refractivity contribution in [1.29, 1.82) is 5.26 Å². The molecule has 0 aromatic rings. The Kier molecular flexibility index (Phi) is 4.94. The van der Waals surface area contributed by atoms with Gasteiger partial charge in [-0.1, -0.05) is 0 Å². The van der Waals surface area contributed by atoms with Crippen molar-refractivity contribution in [3.63, 3.8) is 0 Å². The van der Waals surface area contributed by atoms with Gasteiger partial charge in [0.25, 0.3) is 0 Å². The molecule has 106 valence electrons. The van der Waals surface area contributed by atoms with Crippen LogP contribution in [0.4, 0.5) is 0 Å². The summed E-state index contributed by atoms with van der Waals surface area (Å²) in [6.07, 6.45) is 3.89. The largest absolute Gasteiger partial charge is 0.387 e. The molecule has 2 rings (SSSR count). The first-order valence-corrected chi connectivity index (χ1v) is 7.99. The molecule has 19 heavy (non-hydrogen) atoms. The highest BCUT2D eigenvalue weighted by molar-refractivity contribution is 7.99. The Labute approximate surface area is 118 Å². The van der Waals surface area contributed by atoms with E-state index >= 15 is 0 Å². The van der Waals surface area contributed by atoms with Gasteiger partial charge in [-0.15, -0.1) is 0 Å². The summed E-state index contributed by atoms with van der Waals surface area (Å²) in [5.41, 5.74) is -0.618. The van der Waals surface area contributed by atoms with E-state index in [1.807, 2.05) is 0 Å². The molecule has 2 aliphatic rings. The van der Waals surface area contributed by atoms with E-state index in [0.717, 1.165) is 37.2 Å². The van der Waals surface area contributed by atoms with E-state index in [0.29, 0.717) is 12.5 Å². The van der Waals surface area contributed by atoms with Crippen molar-refractivity contribution in [2.24, 2.45) is 10.9 Å². The van der Waals surface area contributed by atoms with E-state index in [2.05, 4.69) is 21.7 Å². The van der Waals surface area contributed by atoms with Crippen LogP contribution in [0.5, 0.6) is 0 Å². The van der Waals surface area contributed by atoms with E-state index in [4.69, 9.17) is 5.26 Å². The Bertz CT molecular complexity index is 373. The average molecular weight is 282 g/mol. The molecule has 0 radical (unpaired) electrons. The molecule has 0 aromatic carbocycles. The van der Waals surface area contributed by atoms with Crippen LogP contribution in [0.25, 0.3) is 0 Å². The van der Waals surface area contributed by atoms with Crippen LogP contribution in [0.1, 0.15) is 25.7 Å². The minimum atomic E-state index is -0.618. The number of aliphatic hydroxyl groups is 1. The monoisotopic (exact) mass is 282 g/mol. The minimum absolute atomic E-state index is 0.0728. The number of nitrogens with zero attached hydrogens (tertiary/aromatic N) is 2. The van der Waals surface area contributed by atoms with Gasteiger partial charge >= 0.3 is 0 Å². The van der Waals surface area contributed by atoms with Gasteiger partial charge in [-0.25, -0.2) is 0 Å². The van der Waals surface area contributed by atoms with Gasteiger partial charge in [0.2, 0.25) is 0 Å². The molecule has 3 N–H and O–H groups in total. The van der Waals surface area contributed by atoms with Gasteiger partial charge in [-0.3, -0.25) is 4.99 Å². The Balaban J connectivity index is 1.82. The lowest BCUT2D eigenvalue weighted by Crippen LogP contribution is -2.50. The highest BCUT2D eigenvalue weighted by Crippen LogP contribution is 2.27. The molecule has 0 amide bonds. The van der Waals surface area contributed by atoms with E-state index in [9.17, 15) is 5.11 Å². The summed E-state index contributed by atoms with van der Waals surface area (Å²) in [7, 11) is 1.72. The van der Waals surface area contributed by atoms with Gasteiger partial charge < -0.3 is 15.7 Å². The summed E-state index contributed by atoms with van der Waals surface area (Å²) in [6.45, 7) is 0.517. The van der Waals surface area contributed by atoms with Crippen molar-refractivity contribution in [2.45, 2.75) is 37.3 Å². The number of hydrogen-bond acceptors (Lipinski definition) is 4. The van der Waals surface area contributed by atoms with Crippen LogP contribution in [0, 0.1) is 17.2 Å². The maximum Gasteiger partial charge on any atom is 0.191 e. The highest BCUT2D eigenvalue weighted by Gasteiger charge is 2.32. The minimum Gasteiger partial charge on any atom is -0.387 e. The third kappa shape index (κ3) is 3.77. The van der Waals surface area contributed by atoms with Crippen molar-refractivity contribution >= 4 is 17.7 Å². The van der Waals surface area contributed by atoms with Crippen molar-refractivity contribution in [1.82, 2.24) is 10.6 Å². The summed E-state index contributed by atoms with van der Waals surface area (Å²) in [5.74, 6) is 2.56. The SMILES string of the molecule is CN=C(NCC1(O)CCSC1)NC1CCCC1C#N. The van der Waals surface area contributed by atoms with E-state index in [-0.39, 0.29) is 12.0 Å². The second kappa shape index (κ2) is 6.49. The van der Waals surface area contributed by atoms with Gasteiger partial charge in [-0.2, -0.15) is 17.0 Å². The van der Waals surface area contributed by atoms with E-state index < -0.39 is 5.60 Å². The molecule has 1 aliphatic carbocycles. The molecule has 1 heterocycles. The zero-order valence-electron chi connectivity index (χ0n) is 11.4. The Morgan fingerprint density at radius 3 is 3.05 bits per heavy atom. The van der Waals surface area contributed by atoms with Gasteiger partial charge in [-0.05, 0) is 31.4 Å². The predicted molar refractivity (Wildman–Crippen MR) is 78.1 cm³/mol. The quantitative estimate of drug-likeness (QED) is 0.525. The number of nitriles is 1. The van der Waals surface area contributed by atoms with Crippen LogP contribution in [-0.2, 0) is 0 Å². The predicted octanol–water partition coefficient (Wildman–Crippen LogP) is 0.712.